The molecule has 0 aliphatic heterocycles. The molecule has 104 valence electrons. The molecule has 7 heteroatoms. The molecule has 0 unspecified atom stereocenters. The number of carbonyl (C=O) groups excluding carboxylic acids is 1. The summed E-state index contributed by atoms with van der Waals surface area (Å²) in [5, 5.41) is 22.6. The van der Waals surface area contributed by atoms with E-state index < -0.39 is 5.97 Å². The number of carbonyl (C=O) groups is 2. The number of nitrogens with one attached hydrogen (secondary N) is 1. The van der Waals surface area contributed by atoms with Crippen LogP contribution in [-0.4, -0.2) is 46.3 Å². The van der Waals surface area contributed by atoms with E-state index in [0.717, 1.165) is 19.3 Å². The van der Waals surface area contributed by atoms with Crippen molar-refractivity contribution in [3.63, 3.8) is 0 Å². The molecule has 0 aromatic carbocycles. The topological polar surface area (TPSA) is 89.9 Å². The Morgan fingerprint density at radius 1 is 1.47 bits per heavy atom. The van der Waals surface area contributed by atoms with Crippen LogP contribution in [0.4, 0.5) is 9.80 Å². The molecule has 0 bridgehead atoms. The smallest absolute Gasteiger partial charge is 0.338 e. The number of carboxylic acid groups (broad SMARTS) is 1. The number of carboxylic acids is 1. The molecule has 3 N–H and O–H groups in total. The Morgan fingerprint density at radius 2 is 2.21 bits per heavy atom. The Balaban J connectivity index is 2.05. The first kappa shape index (κ1) is 13.8. The Morgan fingerprint density at radius 3 is 2.74 bits per heavy atom. The van der Waals surface area contributed by atoms with E-state index in [1.165, 1.54) is 17.4 Å². The summed E-state index contributed by atoms with van der Waals surface area (Å²) < 4.78 is 0. The van der Waals surface area contributed by atoms with Crippen LogP contribution < -0.4 is 5.32 Å². The Hall–Kier alpha value is -1.60. The number of aromatic carboxylic acids is 1. The second-order valence-corrected chi connectivity index (χ2v) is 5.32. The fraction of sp³-hybridized carbons (Fsp3) is 0.500. The van der Waals surface area contributed by atoms with E-state index in [1.807, 2.05) is 0 Å². The lowest BCUT2D eigenvalue weighted by atomic mass is 9.92. The summed E-state index contributed by atoms with van der Waals surface area (Å²) in [6, 6.07) is 1.27. The molecule has 1 aromatic rings. The van der Waals surface area contributed by atoms with Crippen LogP contribution in [0.25, 0.3) is 0 Å². The molecule has 2 amide bonds. The van der Waals surface area contributed by atoms with Crippen molar-refractivity contribution in [2.75, 3.05) is 18.5 Å². The molecular weight excluding hydrogens is 268 g/mol. The predicted molar refractivity (Wildman–Crippen MR) is 71.7 cm³/mol. The normalized spacial score (nSPS) is 14.8. The minimum Gasteiger partial charge on any atom is -0.478 e. The maximum absolute atomic E-state index is 12.1. The van der Waals surface area contributed by atoms with Gasteiger partial charge in [-0.3, -0.25) is 5.32 Å². The number of hydrogen-bond donors (Lipinski definition) is 3. The third kappa shape index (κ3) is 3.05. The Bertz CT molecular complexity index is 470. The lowest BCUT2D eigenvalue weighted by Gasteiger charge is -2.37. The summed E-state index contributed by atoms with van der Waals surface area (Å²) in [6.45, 7) is 0.171. The Kier molecular flexibility index (Phi) is 4.39. The fourth-order valence-corrected chi connectivity index (χ4v) is 2.77. The number of rotatable bonds is 5. The van der Waals surface area contributed by atoms with Gasteiger partial charge in [0.25, 0.3) is 0 Å². The zero-order chi connectivity index (χ0) is 13.8. The third-order valence-electron chi connectivity index (χ3n) is 3.23. The molecule has 2 rings (SSSR count). The van der Waals surface area contributed by atoms with Crippen LogP contribution in [0.5, 0.6) is 0 Å². The highest BCUT2D eigenvalue weighted by atomic mass is 32.1. The van der Waals surface area contributed by atoms with E-state index in [2.05, 4.69) is 5.32 Å². The van der Waals surface area contributed by atoms with E-state index in [9.17, 15) is 9.59 Å². The molecule has 0 radical (unpaired) electrons. The SMILES string of the molecule is O=C(O)c1ccsc1NC(=O)N(CCO)C1CCC1. The van der Waals surface area contributed by atoms with Gasteiger partial charge in [0.05, 0.1) is 12.2 Å². The van der Waals surface area contributed by atoms with Crippen molar-refractivity contribution in [2.45, 2.75) is 25.3 Å². The van der Waals surface area contributed by atoms with E-state index in [-0.39, 0.29) is 30.8 Å². The van der Waals surface area contributed by atoms with Crippen LogP contribution >= 0.6 is 11.3 Å². The third-order valence-corrected chi connectivity index (χ3v) is 4.06. The van der Waals surface area contributed by atoms with Gasteiger partial charge in [-0.1, -0.05) is 0 Å². The second kappa shape index (κ2) is 6.03. The zero-order valence-corrected chi connectivity index (χ0v) is 11.2. The summed E-state index contributed by atoms with van der Waals surface area (Å²) in [6.07, 6.45) is 2.95. The first-order valence-corrected chi connectivity index (χ1v) is 7.00. The van der Waals surface area contributed by atoms with E-state index in [1.54, 1.807) is 10.3 Å². The van der Waals surface area contributed by atoms with Crippen molar-refractivity contribution in [2.24, 2.45) is 0 Å². The number of amides is 2. The van der Waals surface area contributed by atoms with Crippen molar-refractivity contribution >= 4 is 28.3 Å². The molecular formula is C12H16N2O4S. The van der Waals surface area contributed by atoms with Crippen LogP contribution in [0.2, 0.25) is 0 Å². The molecule has 6 nitrogen and oxygen atoms in total. The number of thiophene rings is 1. The monoisotopic (exact) mass is 284 g/mol. The number of nitrogens with zero attached hydrogens (tertiary/aromatic N) is 1. The first-order valence-electron chi connectivity index (χ1n) is 6.12. The van der Waals surface area contributed by atoms with E-state index >= 15 is 0 Å². The van der Waals surface area contributed by atoms with Gasteiger partial charge in [0.15, 0.2) is 0 Å². The van der Waals surface area contributed by atoms with Crippen LogP contribution in [0.15, 0.2) is 11.4 Å². The predicted octanol–water partition coefficient (Wildman–Crippen LogP) is 1.82. The molecule has 1 saturated carbocycles. The van der Waals surface area contributed by atoms with Crippen LogP contribution in [0, 0.1) is 0 Å². The van der Waals surface area contributed by atoms with Crippen molar-refractivity contribution in [1.82, 2.24) is 4.90 Å². The van der Waals surface area contributed by atoms with Gasteiger partial charge in [0, 0.05) is 12.6 Å². The van der Waals surface area contributed by atoms with Crippen molar-refractivity contribution in [1.29, 1.82) is 0 Å². The average molecular weight is 284 g/mol. The highest BCUT2D eigenvalue weighted by Gasteiger charge is 2.29. The number of anilines is 1. The van der Waals surface area contributed by atoms with Gasteiger partial charge in [-0.15, -0.1) is 11.3 Å². The molecule has 0 spiro atoms. The summed E-state index contributed by atoms with van der Waals surface area (Å²) in [4.78, 5) is 24.7. The zero-order valence-electron chi connectivity index (χ0n) is 10.3. The molecule has 0 atom stereocenters. The van der Waals surface area contributed by atoms with E-state index in [0.29, 0.717) is 5.00 Å². The second-order valence-electron chi connectivity index (χ2n) is 4.40. The molecule has 1 heterocycles. The number of aliphatic hydroxyl groups excluding tert-OH is 1. The maximum atomic E-state index is 12.1. The minimum absolute atomic E-state index is 0.0934. The summed E-state index contributed by atoms with van der Waals surface area (Å²) in [5.41, 5.74) is 0.0934. The molecule has 1 aliphatic rings. The van der Waals surface area contributed by atoms with Gasteiger partial charge in [-0.05, 0) is 30.7 Å². The lowest BCUT2D eigenvalue weighted by Crippen LogP contribution is -2.47. The standard InChI is InChI=1S/C12H16N2O4S/c15-6-5-14(8-2-1-3-8)12(18)13-10-9(11(16)17)4-7-19-10/h4,7-8,15H,1-3,5-6H2,(H,13,18)(H,16,17). The van der Waals surface area contributed by atoms with Crippen molar-refractivity contribution in [3.8, 4) is 0 Å². The highest BCUT2D eigenvalue weighted by molar-refractivity contribution is 7.14. The van der Waals surface area contributed by atoms with Crippen molar-refractivity contribution in [3.05, 3.63) is 17.0 Å². The molecule has 0 saturated heterocycles. The van der Waals surface area contributed by atoms with Gasteiger partial charge < -0.3 is 15.1 Å². The molecule has 1 fully saturated rings. The first-order chi connectivity index (χ1) is 9.13. The van der Waals surface area contributed by atoms with Gasteiger partial charge in [0.2, 0.25) is 0 Å². The van der Waals surface area contributed by atoms with Crippen LogP contribution in [0.1, 0.15) is 29.6 Å². The lowest BCUT2D eigenvalue weighted by molar-refractivity contribution is 0.0698. The number of urea groups is 1. The average Bonchev–Trinajstić information content (AvgIpc) is 2.74. The highest BCUT2D eigenvalue weighted by Crippen LogP contribution is 2.27. The van der Waals surface area contributed by atoms with Gasteiger partial charge in [0.1, 0.15) is 5.00 Å². The van der Waals surface area contributed by atoms with Gasteiger partial charge >= 0.3 is 12.0 Å². The maximum Gasteiger partial charge on any atom is 0.338 e. The molecule has 1 aliphatic carbocycles. The van der Waals surface area contributed by atoms with Crippen molar-refractivity contribution < 1.29 is 19.8 Å². The summed E-state index contributed by atoms with van der Waals surface area (Å²) >= 11 is 1.18. The number of aliphatic hydroxyl groups is 1. The summed E-state index contributed by atoms with van der Waals surface area (Å²) in [5.74, 6) is -1.06. The summed E-state index contributed by atoms with van der Waals surface area (Å²) in [7, 11) is 0. The van der Waals surface area contributed by atoms with E-state index in [4.69, 9.17) is 10.2 Å². The van der Waals surface area contributed by atoms with Gasteiger partial charge in [-0.2, -0.15) is 0 Å². The van der Waals surface area contributed by atoms with Gasteiger partial charge in [-0.25, -0.2) is 9.59 Å². The molecule has 1 aromatic heterocycles. The Labute approximate surface area is 114 Å². The minimum atomic E-state index is -1.06. The largest absolute Gasteiger partial charge is 0.478 e. The quantitative estimate of drug-likeness (QED) is 0.769. The van der Waals surface area contributed by atoms with Crippen LogP contribution in [0.3, 0.4) is 0 Å². The fourth-order valence-electron chi connectivity index (χ4n) is 2.00. The molecule has 19 heavy (non-hydrogen) atoms. The number of hydrogen-bond acceptors (Lipinski definition) is 4. The van der Waals surface area contributed by atoms with Crippen LogP contribution in [-0.2, 0) is 0 Å².